The molecule has 38 heavy (non-hydrogen) atoms. The number of hydrogen-bond acceptors (Lipinski definition) is 3. The van der Waals surface area contributed by atoms with Crippen LogP contribution in [0, 0.1) is 24.3 Å². The fourth-order valence-electron chi connectivity index (χ4n) is 4.22. The van der Waals surface area contributed by atoms with Crippen LogP contribution in [0.3, 0.4) is 0 Å². The summed E-state index contributed by atoms with van der Waals surface area (Å²) in [6.45, 7) is 0.541. The van der Waals surface area contributed by atoms with Crippen molar-refractivity contribution in [1.82, 2.24) is 9.97 Å². The van der Waals surface area contributed by atoms with E-state index >= 15 is 0 Å². The van der Waals surface area contributed by atoms with Crippen LogP contribution in [0.4, 0.5) is 0 Å². The summed E-state index contributed by atoms with van der Waals surface area (Å²) in [5, 5.41) is 2.39. The third-order valence-electron chi connectivity index (χ3n) is 5.97. The second-order valence-electron chi connectivity index (χ2n) is 8.27. The number of benzene rings is 4. The van der Waals surface area contributed by atoms with Crippen molar-refractivity contribution < 1.29 is 57.6 Å². The first-order valence-electron chi connectivity index (χ1n) is 11.7. The normalized spacial score (nSPS) is 10.8. The molecular weight excluding hydrogens is 721 g/mol. The Morgan fingerprint density at radius 3 is 2.18 bits per heavy atom. The summed E-state index contributed by atoms with van der Waals surface area (Å²) in [4.78, 5) is 8.98. The summed E-state index contributed by atoms with van der Waals surface area (Å²) in [5.41, 5.74) is 6.83. The summed E-state index contributed by atoms with van der Waals surface area (Å²) in [6.07, 6.45) is 3.66. The molecule has 184 valence electrons. The van der Waals surface area contributed by atoms with Gasteiger partial charge in [-0.25, -0.2) is 11.1 Å². The molecule has 0 amide bonds. The molecule has 1 aliphatic rings. The van der Waals surface area contributed by atoms with Gasteiger partial charge in [-0.1, -0.05) is 36.0 Å². The Labute approximate surface area is 261 Å². The molecule has 5 heteroatoms. The van der Waals surface area contributed by atoms with E-state index in [1.807, 2.05) is 97.3 Å². The molecule has 0 fully saturated rings. The van der Waals surface area contributed by atoms with Gasteiger partial charge in [0.1, 0.15) is 0 Å². The molecule has 1 aliphatic heterocycles. The number of rotatable bonds is 2. The first-order chi connectivity index (χ1) is 17.9. The Hall–Kier alpha value is -3.01. The van der Waals surface area contributed by atoms with Crippen LogP contribution < -0.4 is 4.74 Å². The number of ether oxygens (including phenoxy) is 1. The number of aromatic nitrogens is 2. The smallest absolute Gasteiger partial charge is 0.0781 e. The van der Waals surface area contributed by atoms with Crippen molar-refractivity contribution >= 4 is 10.8 Å². The summed E-state index contributed by atoms with van der Waals surface area (Å²) >= 11 is 0. The van der Waals surface area contributed by atoms with E-state index < -0.39 is 0 Å². The van der Waals surface area contributed by atoms with Crippen molar-refractivity contribution in [3.8, 4) is 39.4 Å². The maximum absolute atomic E-state index is 5.76. The maximum atomic E-state index is 5.76. The third kappa shape index (κ3) is 6.00. The molecule has 0 saturated heterocycles. The zero-order valence-corrected chi connectivity index (χ0v) is 25.5. The second kappa shape index (κ2) is 13.2. The first-order valence-corrected chi connectivity index (χ1v) is 11.7. The average molecular weight is 742 g/mol. The molecular formula is C33H20IrN2OY-4. The standard InChI is InChI=1S/C18H10NO.C15H10N.Ir.Y/c1-2-6-13(7-3-1)15-10-17-18(19-11-15)16-9-5-4-8-14(16)12-20-17;1-2-7-13(8-3-1)15-14-9-5-4-6-12(14)10-11-16-15;;/h1-6,8,11H,12H2;1-7,9-11H;;/q-3;-1;;. The van der Waals surface area contributed by atoms with E-state index in [0.717, 1.165) is 39.2 Å². The number of pyridine rings is 2. The molecule has 0 unspecified atom stereocenters. The molecule has 0 bridgehead atoms. The maximum Gasteiger partial charge on any atom is 0.0781 e. The SMILES string of the molecule is [Ir].[Y].[c-]1ccccc1-c1[c-]c2c(nc1)-c1[c-]cccc1CO2.[c-]1ccccc1-c1nccc2ccccc12. The van der Waals surface area contributed by atoms with Gasteiger partial charge in [-0.15, -0.1) is 77.9 Å². The van der Waals surface area contributed by atoms with Crippen LogP contribution in [0.1, 0.15) is 5.56 Å². The van der Waals surface area contributed by atoms with Gasteiger partial charge in [-0.3, -0.25) is 0 Å². The molecule has 6 aromatic rings. The Morgan fingerprint density at radius 2 is 1.39 bits per heavy atom. The minimum Gasteiger partial charge on any atom is -0.516 e. The van der Waals surface area contributed by atoms with Gasteiger partial charge in [0.2, 0.25) is 0 Å². The van der Waals surface area contributed by atoms with Gasteiger partial charge in [-0.2, -0.15) is 24.3 Å². The predicted octanol–water partition coefficient (Wildman–Crippen LogP) is 7.41. The van der Waals surface area contributed by atoms with Crippen LogP contribution in [0.5, 0.6) is 5.75 Å². The monoisotopic (exact) mass is 742 g/mol. The van der Waals surface area contributed by atoms with Gasteiger partial charge < -0.3 is 14.7 Å². The first kappa shape index (κ1) is 28.0. The van der Waals surface area contributed by atoms with Gasteiger partial charge >= 0.3 is 0 Å². The fourth-order valence-corrected chi connectivity index (χ4v) is 4.22. The van der Waals surface area contributed by atoms with Gasteiger partial charge in [0.25, 0.3) is 0 Å². The molecule has 0 spiro atoms. The Balaban J connectivity index is 0.000000172. The van der Waals surface area contributed by atoms with Crippen molar-refractivity contribution in [3.63, 3.8) is 0 Å². The molecule has 0 atom stereocenters. The Bertz CT molecular complexity index is 1640. The molecule has 7 rings (SSSR count). The summed E-state index contributed by atoms with van der Waals surface area (Å²) in [6, 6.07) is 44.8. The summed E-state index contributed by atoms with van der Waals surface area (Å²) in [5.74, 6) is 0.690. The quantitative estimate of drug-likeness (QED) is 0.174. The van der Waals surface area contributed by atoms with Crippen molar-refractivity contribution in [2.45, 2.75) is 6.61 Å². The zero-order chi connectivity index (χ0) is 24.2. The Morgan fingerprint density at radius 1 is 0.658 bits per heavy atom. The average Bonchev–Trinajstić information content (AvgIpc) is 2.98. The molecule has 0 aliphatic carbocycles. The largest absolute Gasteiger partial charge is 0.516 e. The minimum atomic E-state index is 0. The van der Waals surface area contributed by atoms with Crippen molar-refractivity contribution in [2.24, 2.45) is 0 Å². The van der Waals surface area contributed by atoms with Gasteiger partial charge in [0.05, 0.1) is 12.4 Å². The number of nitrogens with zero attached hydrogens (tertiary/aromatic N) is 2. The van der Waals surface area contributed by atoms with E-state index in [1.54, 1.807) is 0 Å². The van der Waals surface area contributed by atoms with E-state index in [1.165, 1.54) is 10.8 Å². The van der Waals surface area contributed by atoms with Crippen LogP contribution in [0.15, 0.2) is 109 Å². The van der Waals surface area contributed by atoms with E-state index in [2.05, 4.69) is 46.4 Å². The van der Waals surface area contributed by atoms with E-state index in [4.69, 9.17) is 4.74 Å². The van der Waals surface area contributed by atoms with E-state index in [9.17, 15) is 0 Å². The predicted molar refractivity (Wildman–Crippen MR) is 142 cm³/mol. The molecule has 0 saturated carbocycles. The summed E-state index contributed by atoms with van der Waals surface area (Å²) in [7, 11) is 0. The van der Waals surface area contributed by atoms with Crippen molar-refractivity contribution in [2.75, 3.05) is 0 Å². The van der Waals surface area contributed by atoms with Crippen LogP contribution in [0.2, 0.25) is 0 Å². The summed E-state index contributed by atoms with van der Waals surface area (Å²) < 4.78 is 5.76. The van der Waals surface area contributed by atoms with E-state index in [-0.39, 0.29) is 52.8 Å². The molecule has 2 aromatic heterocycles. The molecule has 0 N–H and O–H groups in total. The minimum absolute atomic E-state index is 0. The van der Waals surface area contributed by atoms with Gasteiger partial charge in [-0.05, 0) is 22.5 Å². The van der Waals surface area contributed by atoms with Crippen molar-refractivity contribution in [1.29, 1.82) is 0 Å². The van der Waals surface area contributed by atoms with Gasteiger partial charge in [0, 0.05) is 64.7 Å². The zero-order valence-electron chi connectivity index (χ0n) is 20.3. The number of fused-ring (bicyclic) bond motifs is 4. The van der Waals surface area contributed by atoms with Crippen LogP contribution >= 0.6 is 0 Å². The molecule has 3 nitrogen and oxygen atoms in total. The van der Waals surface area contributed by atoms with E-state index in [0.29, 0.717) is 12.4 Å². The second-order valence-corrected chi connectivity index (χ2v) is 8.27. The topological polar surface area (TPSA) is 35.0 Å². The fraction of sp³-hybridized carbons (Fsp3) is 0.0303. The van der Waals surface area contributed by atoms with Crippen LogP contribution in [0.25, 0.3) is 44.4 Å². The third-order valence-corrected chi connectivity index (χ3v) is 5.97. The van der Waals surface area contributed by atoms with Crippen LogP contribution in [-0.2, 0) is 59.4 Å². The van der Waals surface area contributed by atoms with Crippen molar-refractivity contribution in [3.05, 3.63) is 139 Å². The molecule has 2 radical (unpaired) electrons. The number of hydrogen-bond donors (Lipinski definition) is 0. The Kier molecular flexibility index (Phi) is 9.71. The van der Waals surface area contributed by atoms with Gasteiger partial charge in [0.15, 0.2) is 0 Å². The molecule has 4 aromatic carbocycles. The molecule has 3 heterocycles. The van der Waals surface area contributed by atoms with Crippen LogP contribution in [-0.4, -0.2) is 9.97 Å².